The highest BCUT2D eigenvalue weighted by molar-refractivity contribution is 5.76. The Balaban J connectivity index is 4.08. The third-order valence-corrected chi connectivity index (χ3v) is 1.37. The molecular formula is C7H14N2O2. The zero-order valence-electron chi connectivity index (χ0n) is 7.13. The number of nitrogens with one attached hydrogen (secondary N) is 1. The van der Waals surface area contributed by atoms with Crippen LogP contribution in [0.3, 0.4) is 0 Å². The maximum absolute atomic E-state index is 11.0. The van der Waals surface area contributed by atoms with Crippen molar-refractivity contribution >= 4 is 12.3 Å². The van der Waals surface area contributed by atoms with E-state index in [-0.39, 0.29) is 18.6 Å². The second kappa shape index (κ2) is 4.71. The normalized spacial score (nSPS) is 9.45. The average Bonchev–Trinajstić information content (AvgIpc) is 1.98. The number of amides is 2. The van der Waals surface area contributed by atoms with Crippen molar-refractivity contribution in [1.29, 1.82) is 0 Å². The van der Waals surface area contributed by atoms with Crippen LogP contribution in [0.25, 0.3) is 0 Å². The first-order chi connectivity index (χ1) is 5.13. The summed E-state index contributed by atoms with van der Waals surface area (Å²) in [6, 6.07) is -0.160. The van der Waals surface area contributed by atoms with E-state index in [2.05, 4.69) is 5.32 Å². The molecule has 0 atom stereocenters. The monoisotopic (exact) mass is 158 g/mol. The Labute approximate surface area is 66.6 Å². The van der Waals surface area contributed by atoms with Gasteiger partial charge in [0.15, 0.2) is 0 Å². The largest absolute Gasteiger partial charge is 0.341 e. The van der Waals surface area contributed by atoms with Gasteiger partial charge in [0, 0.05) is 13.1 Å². The van der Waals surface area contributed by atoms with Gasteiger partial charge in [0.25, 0.3) is 0 Å². The van der Waals surface area contributed by atoms with Crippen LogP contribution >= 0.6 is 0 Å². The zero-order valence-corrected chi connectivity index (χ0v) is 7.13. The molecule has 4 nitrogen and oxygen atoms in total. The summed E-state index contributed by atoms with van der Waals surface area (Å²) in [5, 5.41) is 2.46. The Hall–Kier alpha value is -1.06. The maximum atomic E-state index is 11.0. The van der Waals surface area contributed by atoms with Crippen molar-refractivity contribution in [2.24, 2.45) is 0 Å². The number of rotatable bonds is 3. The lowest BCUT2D eigenvalue weighted by atomic mass is 10.3. The number of urea groups is 1. The van der Waals surface area contributed by atoms with Gasteiger partial charge in [0.2, 0.25) is 0 Å². The van der Waals surface area contributed by atoms with Crippen LogP contribution in [-0.2, 0) is 4.79 Å². The van der Waals surface area contributed by atoms with Gasteiger partial charge in [-0.2, -0.15) is 0 Å². The minimum atomic E-state index is -0.216. The van der Waals surface area contributed by atoms with E-state index in [9.17, 15) is 9.59 Å². The minimum Gasteiger partial charge on any atom is -0.341 e. The molecule has 0 aromatic carbocycles. The molecule has 0 radical (unpaired) electrons. The fourth-order valence-electron chi connectivity index (χ4n) is 0.752. The highest BCUT2D eigenvalue weighted by Gasteiger charge is 2.13. The molecule has 0 aliphatic rings. The van der Waals surface area contributed by atoms with E-state index in [1.165, 1.54) is 4.90 Å². The van der Waals surface area contributed by atoms with Gasteiger partial charge < -0.3 is 15.0 Å². The number of aldehydes is 1. The van der Waals surface area contributed by atoms with Gasteiger partial charge >= 0.3 is 6.03 Å². The van der Waals surface area contributed by atoms with Crippen LogP contribution in [0.5, 0.6) is 0 Å². The average molecular weight is 158 g/mol. The van der Waals surface area contributed by atoms with E-state index in [0.717, 1.165) is 6.29 Å². The summed E-state index contributed by atoms with van der Waals surface area (Å²) >= 11 is 0. The van der Waals surface area contributed by atoms with Crippen LogP contribution in [0.1, 0.15) is 13.8 Å². The third kappa shape index (κ3) is 3.02. The fraction of sp³-hybridized carbons (Fsp3) is 0.714. The molecule has 11 heavy (non-hydrogen) atoms. The highest BCUT2D eigenvalue weighted by Crippen LogP contribution is 1.95. The van der Waals surface area contributed by atoms with Gasteiger partial charge in [-0.1, -0.05) is 0 Å². The van der Waals surface area contributed by atoms with Crippen LogP contribution in [0.4, 0.5) is 4.79 Å². The van der Waals surface area contributed by atoms with Crippen molar-refractivity contribution in [2.75, 3.05) is 13.6 Å². The van der Waals surface area contributed by atoms with Crippen LogP contribution in [-0.4, -0.2) is 36.9 Å². The summed E-state index contributed by atoms with van der Waals surface area (Å²) in [7, 11) is 1.54. The van der Waals surface area contributed by atoms with Crippen molar-refractivity contribution in [3.63, 3.8) is 0 Å². The molecule has 0 heterocycles. The Kier molecular flexibility index (Phi) is 4.26. The Morgan fingerprint density at radius 3 is 2.45 bits per heavy atom. The van der Waals surface area contributed by atoms with Gasteiger partial charge in [0.1, 0.15) is 6.29 Å². The van der Waals surface area contributed by atoms with Crippen molar-refractivity contribution in [1.82, 2.24) is 10.2 Å². The molecule has 1 N–H and O–H groups in total. The molecule has 0 saturated carbocycles. The molecule has 0 rings (SSSR count). The highest BCUT2D eigenvalue weighted by atomic mass is 16.2. The fourth-order valence-corrected chi connectivity index (χ4v) is 0.752. The van der Waals surface area contributed by atoms with E-state index in [1.807, 2.05) is 13.8 Å². The molecule has 0 bridgehead atoms. The predicted molar refractivity (Wildman–Crippen MR) is 42.4 cm³/mol. The van der Waals surface area contributed by atoms with Gasteiger partial charge in [0.05, 0.1) is 6.54 Å². The molecule has 0 spiro atoms. The topological polar surface area (TPSA) is 49.4 Å². The maximum Gasteiger partial charge on any atom is 0.317 e. The molecule has 0 aromatic heterocycles. The summed E-state index contributed by atoms with van der Waals surface area (Å²) in [6.45, 7) is 3.87. The number of carbonyl (C=O) groups excluding carboxylic acids is 2. The summed E-state index contributed by atoms with van der Waals surface area (Å²) in [6.07, 6.45) is 0.718. The SMILES string of the molecule is CNC(=O)N(CC=O)C(C)C. The predicted octanol–water partition coefficient (Wildman–Crippen LogP) is 0.235. The molecule has 0 unspecified atom stereocenters. The lowest BCUT2D eigenvalue weighted by molar-refractivity contribution is -0.108. The summed E-state index contributed by atoms with van der Waals surface area (Å²) in [4.78, 5) is 22.6. The number of carbonyl (C=O) groups is 2. The third-order valence-electron chi connectivity index (χ3n) is 1.37. The molecule has 0 fully saturated rings. The molecule has 2 amide bonds. The summed E-state index contributed by atoms with van der Waals surface area (Å²) in [5.74, 6) is 0. The molecule has 0 aliphatic heterocycles. The first-order valence-electron chi connectivity index (χ1n) is 3.55. The molecule has 0 saturated heterocycles. The van der Waals surface area contributed by atoms with Gasteiger partial charge in [-0.25, -0.2) is 4.79 Å². The van der Waals surface area contributed by atoms with Crippen LogP contribution in [0, 0.1) is 0 Å². The van der Waals surface area contributed by atoms with Crippen molar-refractivity contribution in [3.8, 4) is 0 Å². The smallest absolute Gasteiger partial charge is 0.317 e. The van der Waals surface area contributed by atoms with Crippen molar-refractivity contribution < 1.29 is 9.59 Å². The van der Waals surface area contributed by atoms with E-state index in [4.69, 9.17) is 0 Å². The van der Waals surface area contributed by atoms with Crippen molar-refractivity contribution in [2.45, 2.75) is 19.9 Å². The van der Waals surface area contributed by atoms with Gasteiger partial charge in [-0.15, -0.1) is 0 Å². The van der Waals surface area contributed by atoms with Crippen LogP contribution in [0.2, 0.25) is 0 Å². The Morgan fingerprint density at radius 2 is 2.18 bits per heavy atom. The lowest BCUT2D eigenvalue weighted by Gasteiger charge is -2.23. The molecule has 64 valence electrons. The van der Waals surface area contributed by atoms with Crippen molar-refractivity contribution in [3.05, 3.63) is 0 Å². The standard InChI is InChI=1S/C7H14N2O2/c1-6(2)9(4-5-10)7(11)8-3/h5-6H,4H2,1-3H3,(H,8,11). The first kappa shape index (κ1) is 9.94. The number of hydrogen-bond donors (Lipinski definition) is 1. The molecular weight excluding hydrogens is 144 g/mol. The Bertz CT molecular complexity index is 145. The van der Waals surface area contributed by atoms with Crippen LogP contribution in [0.15, 0.2) is 0 Å². The van der Waals surface area contributed by atoms with E-state index >= 15 is 0 Å². The first-order valence-corrected chi connectivity index (χ1v) is 3.55. The second-order valence-corrected chi connectivity index (χ2v) is 2.47. The molecule has 4 heteroatoms. The number of hydrogen-bond acceptors (Lipinski definition) is 2. The zero-order chi connectivity index (χ0) is 8.85. The summed E-state index contributed by atoms with van der Waals surface area (Å²) < 4.78 is 0. The summed E-state index contributed by atoms with van der Waals surface area (Å²) in [5.41, 5.74) is 0. The van der Waals surface area contributed by atoms with Gasteiger partial charge in [-0.3, -0.25) is 0 Å². The lowest BCUT2D eigenvalue weighted by Crippen LogP contribution is -2.43. The number of nitrogens with zero attached hydrogens (tertiary/aromatic N) is 1. The molecule has 0 aliphatic carbocycles. The van der Waals surface area contributed by atoms with Gasteiger partial charge in [-0.05, 0) is 13.8 Å². The Morgan fingerprint density at radius 1 is 1.64 bits per heavy atom. The quantitative estimate of drug-likeness (QED) is 0.598. The van der Waals surface area contributed by atoms with E-state index in [1.54, 1.807) is 7.05 Å². The van der Waals surface area contributed by atoms with E-state index in [0.29, 0.717) is 0 Å². The van der Waals surface area contributed by atoms with Crippen LogP contribution < -0.4 is 5.32 Å². The minimum absolute atomic E-state index is 0.0557. The second-order valence-electron chi connectivity index (χ2n) is 2.47. The van der Waals surface area contributed by atoms with E-state index < -0.39 is 0 Å². The molecule has 0 aromatic rings.